The van der Waals surface area contributed by atoms with Crippen molar-refractivity contribution >= 4 is 33.2 Å². The monoisotopic (exact) mass is 413 g/mol. The molecule has 2 heterocycles. The van der Waals surface area contributed by atoms with Crippen LogP contribution in [0.5, 0.6) is 0 Å². The van der Waals surface area contributed by atoms with Crippen molar-refractivity contribution in [3.05, 3.63) is 41.3 Å². The molecule has 3 nitrogen and oxygen atoms in total. The molecule has 1 aliphatic heterocycles. The molecule has 0 unspecified atom stereocenters. The van der Waals surface area contributed by atoms with Crippen molar-refractivity contribution in [1.29, 1.82) is 0 Å². The molecular formula is C25H35NO2S. The average Bonchev–Trinajstić information content (AvgIpc) is 3.09. The highest BCUT2D eigenvalue weighted by Crippen LogP contribution is 2.34. The highest BCUT2D eigenvalue weighted by Gasteiger charge is 2.26. The van der Waals surface area contributed by atoms with E-state index in [0.717, 1.165) is 30.0 Å². The van der Waals surface area contributed by atoms with Gasteiger partial charge in [0.25, 0.3) is 0 Å². The fourth-order valence-electron chi connectivity index (χ4n) is 3.79. The zero-order valence-corrected chi connectivity index (χ0v) is 19.0. The van der Waals surface area contributed by atoms with E-state index < -0.39 is 5.60 Å². The van der Waals surface area contributed by atoms with E-state index in [1.807, 2.05) is 25.7 Å². The molecule has 29 heavy (non-hydrogen) atoms. The number of allylic oxidation sites excluding steroid dienone is 1. The average molecular weight is 414 g/mol. The minimum absolute atomic E-state index is 0.226. The molecule has 0 fully saturated rings. The Hall–Kier alpha value is -1.81. The first-order valence-electron chi connectivity index (χ1n) is 11.1. The molecule has 0 atom stereocenters. The summed E-state index contributed by atoms with van der Waals surface area (Å²) in [6.07, 6.45) is 12.9. The van der Waals surface area contributed by atoms with E-state index in [2.05, 4.69) is 36.4 Å². The van der Waals surface area contributed by atoms with Crippen molar-refractivity contribution in [1.82, 2.24) is 4.90 Å². The highest BCUT2D eigenvalue weighted by molar-refractivity contribution is 7.20. The Morgan fingerprint density at radius 2 is 1.62 bits per heavy atom. The number of fused-ring (bicyclic) bond motifs is 1. The number of carbonyl (C=O) groups is 1. The van der Waals surface area contributed by atoms with Gasteiger partial charge in [-0.25, -0.2) is 4.79 Å². The fraction of sp³-hybridized carbons (Fsp3) is 0.560. The summed E-state index contributed by atoms with van der Waals surface area (Å²) in [6, 6.07) is 10.7. The number of thiophene rings is 1. The van der Waals surface area contributed by atoms with Gasteiger partial charge in [-0.1, -0.05) is 62.8 Å². The van der Waals surface area contributed by atoms with Gasteiger partial charge in [0, 0.05) is 11.2 Å². The third-order valence-corrected chi connectivity index (χ3v) is 6.39. The molecule has 2 aromatic rings. The molecule has 0 aliphatic carbocycles. The summed E-state index contributed by atoms with van der Waals surface area (Å²) in [7, 11) is 0. The van der Waals surface area contributed by atoms with Crippen molar-refractivity contribution in [2.24, 2.45) is 0 Å². The molecule has 158 valence electrons. The van der Waals surface area contributed by atoms with Crippen LogP contribution in [0.25, 0.3) is 15.8 Å². The summed E-state index contributed by atoms with van der Waals surface area (Å²) in [6.45, 7) is 6.53. The van der Waals surface area contributed by atoms with Crippen LogP contribution in [0, 0.1) is 0 Å². The zero-order valence-electron chi connectivity index (χ0n) is 18.2. The van der Waals surface area contributed by atoms with Crippen LogP contribution in [-0.4, -0.2) is 23.1 Å². The molecule has 1 aromatic heterocycles. The Bertz CT molecular complexity index is 798. The lowest BCUT2D eigenvalue weighted by Gasteiger charge is -2.29. The van der Waals surface area contributed by atoms with Crippen LogP contribution in [-0.2, 0) is 4.74 Å². The van der Waals surface area contributed by atoms with Crippen LogP contribution < -0.4 is 0 Å². The number of nitrogens with zero attached hydrogens (tertiary/aromatic N) is 1. The van der Waals surface area contributed by atoms with E-state index in [1.165, 1.54) is 55.0 Å². The molecule has 3 rings (SSSR count). The quantitative estimate of drug-likeness (QED) is 0.474. The highest BCUT2D eigenvalue weighted by atomic mass is 32.1. The van der Waals surface area contributed by atoms with Crippen LogP contribution in [0.4, 0.5) is 4.79 Å². The molecule has 1 amide bonds. The summed E-state index contributed by atoms with van der Waals surface area (Å²) in [5.41, 5.74) is 0.531. The predicted octanol–water partition coefficient (Wildman–Crippen LogP) is 8.00. The van der Waals surface area contributed by atoms with E-state index in [9.17, 15) is 4.79 Å². The molecule has 1 aromatic carbocycles. The van der Waals surface area contributed by atoms with E-state index in [4.69, 9.17) is 4.74 Å². The van der Waals surface area contributed by atoms with Crippen LogP contribution in [0.2, 0.25) is 0 Å². The normalized spacial score (nSPS) is 19.6. The number of amides is 1. The first-order valence-corrected chi connectivity index (χ1v) is 12.0. The Morgan fingerprint density at radius 1 is 0.966 bits per heavy atom. The van der Waals surface area contributed by atoms with Gasteiger partial charge in [0.1, 0.15) is 5.60 Å². The summed E-state index contributed by atoms with van der Waals surface area (Å²) in [5, 5.41) is 1.24. The SMILES string of the molecule is CC(C)(C)OC(=O)N1CCCCCCCCCC/C=C\1c1cc2ccccc2s1. The second-order valence-electron chi connectivity index (χ2n) is 8.99. The standard InChI is InChI=1S/C25H35NO2S/c1-25(2,3)28-24(27)26-18-14-10-8-6-4-5-7-9-11-16-21(26)23-19-20-15-12-13-17-22(20)29-23/h12-13,15-17,19H,4-11,14,18H2,1-3H3/b21-16-. The maximum atomic E-state index is 13.2. The van der Waals surface area contributed by atoms with E-state index in [0.29, 0.717) is 0 Å². The number of carbonyl (C=O) groups excluding carboxylic acids is 1. The zero-order chi connectivity index (χ0) is 20.7. The van der Waals surface area contributed by atoms with Crippen molar-refractivity contribution in [3.63, 3.8) is 0 Å². The predicted molar refractivity (Wildman–Crippen MR) is 124 cm³/mol. The van der Waals surface area contributed by atoms with Gasteiger partial charge < -0.3 is 4.74 Å². The Labute approximate surface area is 179 Å². The lowest BCUT2D eigenvalue weighted by Crippen LogP contribution is -2.36. The molecule has 0 spiro atoms. The maximum Gasteiger partial charge on any atom is 0.414 e. The van der Waals surface area contributed by atoms with Crippen LogP contribution in [0.15, 0.2) is 36.4 Å². The van der Waals surface area contributed by atoms with Crippen molar-refractivity contribution in [2.75, 3.05) is 6.54 Å². The van der Waals surface area contributed by atoms with Gasteiger partial charge in [-0.2, -0.15) is 0 Å². The van der Waals surface area contributed by atoms with E-state index in [1.54, 1.807) is 11.3 Å². The Balaban J connectivity index is 1.94. The molecule has 0 saturated carbocycles. The fourth-order valence-corrected chi connectivity index (χ4v) is 4.91. The van der Waals surface area contributed by atoms with Gasteiger partial charge in [-0.15, -0.1) is 11.3 Å². The van der Waals surface area contributed by atoms with Crippen molar-refractivity contribution in [3.8, 4) is 0 Å². The Kier molecular flexibility index (Phi) is 7.77. The van der Waals surface area contributed by atoms with Gasteiger partial charge in [-0.05, 0) is 57.6 Å². The summed E-state index contributed by atoms with van der Waals surface area (Å²) in [5.74, 6) is 0. The molecule has 0 N–H and O–H groups in total. The van der Waals surface area contributed by atoms with Crippen molar-refractivity contribution in [2.45, 2.75) is 84.2 Å². The second kappa shape index (κ2) is 10.3. The van der Waals surface area contributed by atoms with Gasteiger partial charge in [0.2, 0.25) is 0 Å². The smallest absolute Gasteiger partial charge is 0.414 e. The molecule has 0 saturated heterocycles. The number of hydrogen-bond acceptors (Lipinski definition) is 3. The van der Waals surface area contributed by atoms with Gasteiger partial charge in [-0.3, -0.25) is 4.90 Å². The topological polar surface area (TPSA) is 29.5 Å². The third kappa shape index (κ3) is 6.60. The van der Waals surface area contributed by atoms with Gasteiger partial charge in [0.05, 0.1) is 10.6 Å². The minimum atomic E-state index is -0.497. The number of benzene rings is 1. The van der Waals surface area contributed by atoms with Crippen LogP contribution in [0.3, 0.4) is 0 Å². The summed E-state index contributed by atoms with van der Waals surface area (Å²) in [4.78, 5) is 16.2. The van der Waals surface area contributed by atoms with Gasteiger partial charge in [0.15, 0.2) is 0 Å². The second-order valence-corrected chi connectivity index (χ2v) is 10.1. The number of ether oxygens (including phenoxy) is 1. The molecule has 1 aliphatic rings. The molecular weight excluding hydrogens is 378 g/mol. The lowest BCUT2D eigenvalue weighted by atomic mass is 10.1. The number of rotatable bonds is 1. The number of hydrogen-bond donors (Lipinski definition) is 0. The third-order valence-electron chi connectivity index (χ3n) is 5.26. The molecule has 0 bridgehead atoms. The van der Waals surface area contributed by atoms with Crippen LogP contribution in [0.1, 0.15) is 83.4 Å². The van der Waals surface area contributed by atoms with Crippen LogP contribution >= 0.6 is 11.3 Å². The lowest BCUT2D eigenvalue weighted by molar-refractivity contribution is 0.0351. The maximum absolute atomic E-state index is 13.2. The van der Waals surface area contributed by atoms with Crippen molar-refractivity contribution < 1.29 is 9.53 Å². The summed E-state index contributed by atoms with van der Waals surface area (Å²) >= 11 is 1.77. The van der Waals surface area contributed by atoms with E-state index in [-0.39, 0.29) is 6.09 Å². The minimum Gasteiger partial charge on any atom is -0.443 e. The first kappa shape index (κ1) is 21.9. The van der Waals surface area contributed by atoms with Gasteiger partial charge >= 0.3 is 6.09 Å². The first-order chi connectivity index (χ1) is 13.9. The summed E-state index contributed by atoms with van der Waals surface area (Å²) < 4.78 is 7.06. The molecule has 0 radical (unpaired) electrons. The molecule has 4 heteroatoms. The van der Waals surface area contributed by atoms with E-state index >= 15 is 0 Å². The Morgan fingerprint density at radius 3 is 2.31 bits per heavy atom. The largest absolute Gasteiger partial charge is 0.443 e.